The van der Waals surface area contributed by atoms with Crippen LogP contribution in [0.4, 0.5) is 10.1 Å². The van der Waals surface area contributed by atoms with Crippen LogP contribution in [0.25, 0.3) is 0 Å². The molecule has 0 aliphatic heterocycles. The number of hydrogen-bond donors (Lipinski definition) is 2. The smallest absolute Gasteiger partial charge is 0.340 e. The predicted octanol–water partition coefficient (Wildman–Crippen LogP) is 2.28. The molecule has 0 unspecified atom stereocenters. The average Bonchev–Trinajstić information content (AvgIpc) is 2.24. The van der Waals surface area contributed by atoms with Gasteiger partial charge in [-0.3, -0.25) is 4.79 Å². The molecule has 0 atom stereocenters. The van der Waals surface area contributed by atoms with Crippen LogP contribution in [0.2, 0.25) is 0 Å². The number of hydrogen-bond acceptors (Lipinski definition) is 4. The molecule has 0 saturated carbocycles. The highest BCUT2D eigenvalue weighted by atomic mass is 19.1. The molecule has 1 aromatic carbocycles. The third-order valence-electron chi connectivity index (χ3n) is 2.03. The molecule has 1 aromatic rings. The van der Waals surface area contributed by atoms with Crippen LogP contribution in [0.5, 0.6) is 0 Å². The van der Waals surface area contributed by atoms with Crippen molar-refractivity contribution in [2.75, 3.05) is 11.9 Å². The lowest BCUT2D eigenvalue weighted by atomic mass is 10.1. The summed E-state index contributed by atoms with van der Waals surface area (Å²) < 4.78 is 18.3. The average molecular weight is 269 g/mol. The van der Waals surface area contributed by atoms with Crippen LogP contribution in [0, 0.1) is 5.82 Å². The number of carbonyl (C=O) groups is 2. The molecule has 0 aromatic heterocycles. The molecule has 2 N–H and O–H groups in total. The maximum atomic E-state index is 13.2. The maximum absolute atomic E-state index is 13.2. The molecular weight excluding hydrogens is 253 g/mol. The van der Waals surface area contributed by atoms with Crippen molar-refractivity contribution in [3.05, 3.63) is 29.6 Å². The SMILES string of the molecule is CC(C)(C)OC(=O)c1cc(F)ccc1NCC(=O)O. The Bertz CT molecular complexity index is 494. The van der Waals surface area contributed by atoms with E-state index in [1.807, 2.05) is 0 Å². The van der Waals surface area contributed by atoms with E-state index in [0.717, 1.165) is 12.1 Å². The Hall–Kier alpha value is -2.11. The first-order valence-corrected chi connectivity index (χ1v) is 5.67. The van der Waals surface area contributed by atoms with Crippen LogP contribution in [-0.2, 0) is 9.53 Å². The number of rotatable bonds is 4. The van der Waals surface area contributed by atoms with Gasteiger partial charge in [0.2, 0.25) is 0 Å². The van der Waals surface area contributed by atoms with Gasteiger partial charge in [-0.2, -0.15) is 0 Å². The van der Waals surface area contributed by atoms with Crippen molar-refractivity contribution in [2.45, 2.75) is 26.4 Å². The number of nitrogens with one attached hydrogen (secondary N) is 1. The van der Waals surface area contributed by atoms with E-state index in [1.165, 1.54) is 6.07 Å². The molecule has 0 bridgehead atoms. The molecule has 0 heterocycles. The molecule has 0 aliphatic rings. The third kappa shape index (κ3) is 4.95. The highest BCUT2D eigenvalue weighted by molar-refractivity contribution is 5.96. The summed E-state index contributed by atoms with van der Waals surface area (Å²) in [5.74, 6) is -2.39. The van der Waals surface area contributed by atoms with Crippen LogP contribution in [0.15, 0.2) is 18.2 Å². The van der Waals surface area contributed by atoms with Crippen LogP contribution < -0.4 is 5.32 Å². The Morgan fingerprint density at radius 1 is 1.37 bits per heavy atom. The zero-order valence-corrected chi connectivity index (χ0v) is 11.0. The zero-order valence-electron chi connectivity index (χ0n) is 11.0. The van der Waals surface area contributed by atoms with E-state index in [2.05, 4.69) is 5.32 Å². The fourth-order valence-corrected chi connectivity index (χ4v) is 1.34. The number of esters is 1. The Labute approximate surface area is 110 Å². The van der Waals surface area contributed by atoms with E-state index < -0.39 is 23.4 Å². The van der Waals surface area contributed by atoms with Crippen molar-refractivity contribution in [1.29, 1.82) is 0 Å². The molecule has 5 nitrogen and oxygen atoms in total. The standard InChI is InChI=1S/C13H16FNO4/c1-13(2,3)19-12(18)9-6-8(14)4-5-10(9)15-7-11(16)17/h4-6,15H,7H2,1-3H3,(H,16,17). The molecule has 0 fully saturated rings. The second-order valence-electron chi connectivity index (χ2n) is 4.94. The molecule has 19 heavy (non-hydrogen) atoms. The van der Waals surface area contributed by atoms with Crippen LogP contribution in [-0.4, -0.2) is 29.2 Å². The molecule has 0 radical (unpaired) electrons. The first-order chi connectivity index (χ1) is 8.69. The minimum absolute atomic E-state index is 0.0313. The number of aliphatic carboxylic acids is 1. The lowest BCUT2D eigenvalue weighted by Crippen LogP contribution is -2.25. The molecule has 0 saturated heterocycles. The number of halogens is 1. The van der Waals surface area contributed by atoms with Gasteiger partial charge in [0.1, 0.15) is 18.0 Å². The van der Waals surface area contributed by atoms with Gasteiger partial charge in [0.05, 0.1) is 5.56 Å². The fourth-order valence-electron chi connectivity index (χ4n) is 1.34. The van der Waals surface area contributed by atoms with Crippen molar-refractivity contribution in [3.63, 3.8) is 0 Å². The monoisotopic (exact) mass is 269 g/mol. The summed E-state index contributed by atoms with van der Waals surface area (Å²) in [7, 11) is 0. The Morgan fingerprint density at radius 2 is 2.00 bits per heavy atom. The van der Waals surface area contributed by atoms with Crippen LogP contribution in [0.3, 0.4) is 0 Å². The molecule has 0 aliphatic carbocycles. The second kappa shape index (κ2) is 5.69. The minimum atomic E-state index is -1.08. The first-order valence-electron chi connectivity index (χ1n) is 5.67. The summed E-state index contributed by atoms with van der Waals surface area (Å²) in [6.07, 6.45) is 0. The summed E-state index contributed by atoms with van der Waals surface area (Å²) in [5.41, 5.74) is -0.526. The fraction of sp³-hybridized carbons (Fsp3) is 0.385. The molecule has 1 rings (SSSR count). The molecule has 104 valence electrons. The van der Waals surface area contributed by atoms with E-state index >= 15 is 0 Å². The van der Waals surface area contributed by atoms with Gasteiger partial charge in [-0.25, -0.2) is 9.18 Å². The molecule has 0 spiro atoms. The second-order valence-corrected chi connectivity index (χ2v) is 4.94. The number of ether oxygens (including phenoxy) is 1. The van der Waals surface area contributed by atoms with Crippen molar-refractivity contribution in [1.82, 2.24) is 0 Å². The van der Waals surface area contributed by atoms with Gasteiger partial charge in [0, 0.05) is 5.69 Å². The van der Waals surface area contributed by atoms with Gasteiger partial charge < -0.3 is 15.2 Å². The van der Waals surface area contributed by atoms with Crippen molar-refractivity contribution >= 4 is 17.6 Å². The summed E-state index contributed by atoms with van der Waals surface area (Å²) >= 11 is 0. The van der Waals surface area contributed by atoms with Gasteiger partial charge in [0.25, 0.3) is 0 Å². The van der Waals surface area contributed by atoms with Gasteiger partial charge in [-0.05, 0) is 39.0 Å². The van der Waals surface area contributed by atoms with Gasteiger partial charge in [0.15, 0.2) is 0 Å². The van der Waals surface area contributed by atoms with Gasteiger partial charge in [-0.1, -0.05) is 0 Å². The third-order valence-corrected chi connectivity index (χ3v) is 2.03. The Kier molecular flexibility index (Phi) is 4.47. The first kappa shape index (κ1) is 14.9. The number of benzene rings is 1. The summed E-state index contributed by atoms with van der Waals surface area (Å²) in [6.45, 7) is 4.69. The van der Waals surface area contributed by atoms with Gasteiger partial charge in [-0.15, -0.1) is 0 Å². The van der Waals surface area contributed by atoms with Crippen molar-refractivity contribution < 1.29 is 23.8 Å². The number of carboxylic acids is 1. The van der Waals surface area contributed by atoms with Crippen LogP contribution in [0.1, 0.15) is 31.1 Å². The van der Waals surface area contributed by atoms with Crippen molar-refractivity contribution in [3.8, 4) is 0 Å². The maximum Gasteiger partial charge on any atom is 0.340 e. The zero-order chi connectivity index (χ0) is 14.6. The Morgan fingerprint density at radius 3 is 2.53 bits per heavy atom. The molecule has 0 amide bonds. The highest BCUT2D eigenvalue weighted by Crippen LogP contribution is 2.20. The molecular formula is C13H16FNO4. The largest absolute Gasteiger partial charge is 0.480 e. The lowest BCUT2D eigenvalue weighted by Gasteiger charge is -2.20. The topological polar surface area (TPSA) is 75.6 Å². The Balaban J connectivity index is 2.99. The highest BCUT2D eigenvalue weighted by Gasteiger charge is 2.21. The number of carboxylic acid groups (broad SMARTS) is 1. The van der Waals surface area contributed by atoms with E-state index in [-0.39, 0.29) is 17.8 Å². The van der Waals surface area contributed by atoms with E-state index in [1.54, 1.807) is 20.8 Å². The summed E-state index contributed by atoms with van der Waals surface area (Å²) in [6, 6.07) is 3.45. The molecule has 6 heteroatoms. The van der Waals surface area contributed by atoms with Gasteiger partial charge >= 0.3 is 11.9 Å². The van der Waals surface area contributed by atoms with E-state index in [9.17, 15) is 14.0 Å². The quantitative estimate of drug-likeness (QED) is 0.820. The number of anilines is 1. The lowest BCUT2D eigenvalue weighted by molar-refractivity contribution is -0.134. The summed E-state index contributed by atoms with van der Waals surface area (Å²) in [4.78, 5) is 22.4. The van der Waals surface area contributed by atoms with Crippen molar-refractivity contribution in [2.24, 2.45) is 0 Å². The normalized spacial score (nSPS) is 10.9. The van der Waals surface area contributed by atoms with E-state index in [0.29, 0.717) is 0 Å². The summed E-state index contributed by atoms with van der Waals surface area (Å²) in [5, 5.41) is 11.1. The van der Waals surface area contributed by atoms with E-state index in [4.69, 9.17) is 9.84 Å². The van der Waals surface area contributed by atoms with Crippen LogP contribution >= 0.6 is 0 Å². The minimum Gasteiger partial charge on any atom is -0.480 e. The predicted molar refractivity (Wildman–Crippen MR) is 67.7 cm³/mol. The number of carbonyl (C=O) groups excluding carboxylic acids is 1.